The molecule has 1 aliphatic rings. The normalized spacial score (nSPS) is 15.1. The quantitative estimate of drug-likeness (QED) is 0.819. The first kappa shape index (κ1) is 19.1. The Balaban J connectivity index is 2.08. The first-order valence-corrected chi connectivity index (χ1v) is 8.75. The van der Waals surface area contributed by atoms with Gasteiger partial charge in [-0.05, 0) is 31.9 Å². The van der Waals surface area contributed by atoms with Crippen molar-refractivity contribution in [2.45, 2.75) is 44.8 Å². The van der Waals surface area contributed by atoms with Gasteiger partial charge in [0.05, 0.1) is 11.3 Å². The van der Waals surface area contributed by atoms with Crippen LogP contribution in [0.3, 0.4) is 0 Å². The maximum atomic E-state index is 13.4. The van der Waals surface area contributed by atoms with Gasteiger partial charge in [0.1, 0.15) is 0 Å². The second-order valence-electron chi connectivity index (χ2n) is 6.78. The molecule has 1 aromatic carbocycles. The van der Waals surface area contributed by atoms with Gasteiger partial charge < -0.3 is 4.90 Å². The monoisotopic (exact) mass is 379 g/mol. The molecule has 27 heavy (non-hydrogen) atoms. The molecule has 144 valence electrons. The minimum atomic E-state index is -4.58. The lowest BCUT2D eigenvalue weighted by atomic mass is 10.1. The van der Waals surface area contributed by atoms with Crippen LogP contribution in [0.25, 0.3) is 5.69 Å². The van der Waals surface area contributed by atoms with E-state index in [1.807, 2.05) is 0 Å². The number of rotatable bonds is 3. The molecule has 1 heterocycles. The number of benzene rings is 1. The average molecular weight is 379 g/mol. The van der Waals surface area contributed by atoms with Crippen molar-refractivity contribution in [1.29, 1.82) is 0 Å². The van der Waals surface area contributed by atoms with Gasteiger partial charge in [0, 0.05) is 24.8 Å². The van der Waals surface area contributed by atoms with Gasteiger partial charge in [-0.15, -0.1) is 0 Å². The van der Waals surface area contributed by atoms with Crippen LogP contribution in [0, 0.1) is 6.92 Å². The van der Waals surface area contributed by atoms with Crippen LogP contribution >= 0.6 is 0 Å². The number of aromatic nitrogens is 2. The lowest BCUT2D eigenvalue weighted by Crippen LogP contribution is -2.39. The van der Waals surface area contributed by atoms with Gasteiger partial charge in [0.15, 0.2) is 5.69 Å². The van der Waals surface area contributed by atoms with E-state index in [2.05, 4.69) is 5.10 Å². The van der Waals surface area contributed by atoms with E-state index in [1.54, 1.807) is 7.05 Å². The molecule has 0 atom stereocenters. The third kappa shape index (κ3) is 3.74. The molecule has 0 bridgehead atoms. The Hall–Kier alpha value is -2.64. The van der Waals surface area contributed by atoms with Crippen molar-refractivity contribution < 1.29 is 18.0 Å². The summed E-state index contributed by atoms with van der Waals surface area (Å²) in [5, 5.41) is 4.02. The predicted molar refractivity (Wildman–Crippen MR) is 93.9 cm³/mol. The van der Waals surface area contributed by atoms with E-state index in [1.165, 1.54) is 30.0 Å². The third-order valence-corrected chi connectivity index (χ3v) is 4.94. The Morgan fingerprint density at radius 2 is 1.85 bits per heavy atom. The summed E-state index contributed by atoms with van der Waals surface area (Å²) in [6, 6.07) is 6.12. The summed E-state index contributed by atoms with van der Waals surface area (Å²) in [6.45, 7) is 1.48. The fourth-order valence-electron chi connectivity index (χ4n) is 3.46. The number of para-hydroxylation sites is 1. The second kappa shape index (κ2) is 7.17. The van der Waals surface area contributed by atoms with E-state index in [0.717, 1.165) is 42.5 Å². The van der Waals surface area contributed by atoms with Crippen LogP contribution in [0.4, 0.5) is 13.2 Å². The highest BCUT2D eigenvalue weighted by Crippen LogP contribution is 2.33. The molecular weight excluding hydrogens is 359 g/mol. The first-order valence-electron chi connectivity index (χ1n) is 8.75. The molecule has 3 rings (SSSR count). The summed E-state index contributed by atoms with van der Waals surface area (Å²) < 4.78 is 41.1. The molecule has 1 aromatic heterocycles. The highest BCUT2D eigenvalue weighted by molar-refractivity contribution is 5.92. The number of nitrogens with zero attached hydrogens (tertiary/aromatic N) is 3. The SMILES string of the molecule is Cc1cc(=O)c(C(=O)N(C)C2CCCC2)nn1-c1ccccc1C(F)(F)F. The Labute approximate surface area is 154 Å². The molecular formula is C19H20F3N3O2. The molecule has 8 heteroatoms. The molecule has 5 nitrogen and oxygen atoms in total. The number of alkyl halides is 3. The van der Waals surface area contributed by atoms with Crippen LogP contribution in [-0.4, -0.2) is 33.7 Å². The van der Waals surface area contributed by atoms with Crippen molar-refractivity contribution in [2.24, 2.45) is 0 Å². The van der Waals surface area contributed by atoms with E-state index >= 15 is 0 Å². The molecule has 0 unspecified atom stereocenters. The minimum absolute atomic E-state index is 0.0240. The maximum absolute atomic E-state index is 13.4. The van der Waals surface area contributed by atoms with Crippen LogP contribution in [0.1, 0.15) is 47.4 Å². The summed E-state index contributed by atoms with van der Waals surface area (Å²) in [5.41, 5.74) is -1.85. The van der Waals surface area contributed by atoms with Gasteiger partial charge in [-0.25, -0.2) is 4.68 Å². The first-order chi connectivity index (χ1) is 12.7. The molecule has 0 N–H and O–H groups in total. The van der Waals surface area contributed by atoms with Gasteiger partial charge in [-0.3, -0.25) is 9.59 Å². The van der Waals surface area contributed by atoms with Crippen LogP contribution in [-0.2, 0) is 6.18 Å². The molecule has 1 fully saturated rings. The van der Waals surface area contributed by atoms with Crippen LogP contribution in [0.5, 0.6) is 0 Å². The third-order valence-electron chi connectivity index (χ3n) is 4.94. The van der Waals surface area contributed by atoms with Crippen LogP contribution in [0.15, 0.2) is 35.1 Å². The molecule has 1 amide bonds. The standard InChI is InChI=1S/C19H20F3N3O2/c1-12-11-16(26)17(18(27)24(2)13-7-3-4-8-13)23-25(12)15-10-6-5-9-14(15)19(20,21)22/h5-6,9-11,13H,3-4,7-8H2,1-2H3. The Morgan fingerprint density at radius 3 is 2.48 bits per heavy atom. The second-order valence-corrected chi connectivity index (χ2v) is 6.78. The fraction of sp³-hybridized carbons (Fsp3) is 0.421. The molecule has 1 saturated carbocycles. The van der Waals surface area contributed by atoms with Gasteiger partial charge in [-0.2, -0.15) is 18.3 Å². The predicted octanol–water partition coefficient (Wildman–Crippen LogP) is 3.57. The van der Waals surface area contributed by atoms with Crippen molar-refractivity contribution in [3.63, 3.8) is 0 Å². The zero-order chi connectivity index (χ0) is 19.8. The highest BCUT2D eigenvalue weighted by atomic mass is 19.4. The summed E-state index contributed by atoms with van der Waals surface area (Å²) in [4.78, 5) is 26.6. The van der Waals surface area contributed by atoms with Crippen LogP contribution in [0.2, 0.25) is 0 Å². The Kier molecular flexibility index (Phi) is 5.08. The van der Waals surface area contributed by atoms with E-state index in [9.17, 15) is 22.8 Å². The van der Waals surface area contributed by atoms with Gasteiger partial charge in [0.2, 0.25) is 5.43 Å². The zero-order valence-corrected chi connectivity index (χ0v) is 15.1. The van der Waals surface area contributed by atoms with Crippen molar-refractivity contribution in [3.8, 4) is 5.69 Å². The summed E-state index contributed by atoms with van der Waals surface area (Å²) in [6.07, 6.45) is -0.878. The smallest absolute Gasteiger partial charge is 0.337 e. The van der Waals surface area contributed by atoms with Gasteiger partial charge >= 0.3 is 6.18 Å². The number of hydrogen-bond donors (Lipinski definition) is 0. The zero-order valence-electron chi connectivity index (χ0n) is 15.1. The Morgan fingerprint density at radius 1 is 1.22 bits per heavy atom. The highest BCUT2D eigenvalue weighted by Gasteiger charge is 2.34. The number of carbonyl (C=O) groups is 1. The summed E-state index contributed by atoms with van der Waals surface area (Å²) >= 11 is 0. The topological polar surface area (TPSA) is 55.2 Å². The lowest BCUT2D eigenvalue weighted by molar-refractivity contribution is -0.137. The van der Waals surface area contributed by atoms with Crippen molar-refractivity contribution >= 4 is 5.91 Å². The molecule has 0 aliphatic heterocycles. The van der Waals surface area contributed by atoms with Gasteiger partial charge in [-0.1, -0.05) is 25.0 Å². The lowest BCUT2D eigenvalue weighted by Gasteiger charge is -2.24. The molecule has 0 radical (unpaired) electrons. The number of halogens is 3. The van der Waals surface area contributed by atoms with E-state index < -0.39 is 23.1 Å². The van der Waals surface area contributed by atoms with Crippen molar-refractivity contribution in [3.05, 3.63) is 57.5 Å². The van der Waals surface area contributed by atoms with E-state index in [-0.39, 0.29) is 23.1 Å². The fourth-order valence-corrected chi connectivity index (χ4v) is 3.46. The van der Waals surface area contributed by atoms with Crippen molar-refractivity contribution in [1.82, 2.24) is 14.7 Å². The largest absolute Gasteiger partial charge is 0.418 e. The number of aryl methyl sites for hydroxylation is 1. The average Bonchev–Trinajstić information content (AvgIpc) is 3.14. The number of hydrogen-bond acceptors (Lipinski definition) is 3. The van der Waals surface area contributed by atoms with E-state index in [4.69, 9.17) is 0 Å². The molecule has 0 saturated heterocycles. The van der Waals surface area contributed by atoms with Crippen LogP contribution < -0.4 is 5.43 Å². The minimum Gasteiger partial charge on any atom is -0.337 e. The van der Waals surface area contributed by atoms with Crippen molar-refractivity contribution in [2.75, 3.05) is 7.05 Å². The van der Waals surface area contributed by atoms with E-state index in [0.29, 0.717) is 0 Å². The van der Waals surface area contributed by atoms with Gasteiger partial charge in [0.25, 0.3) is 5.91 Å². The summed E-state index contributed by atoms with van der Waals surface area (Å²) in [7, 11) is 1.60. The Bertz CT molecular complexity index is 915. The molecule has 2 aromatic rings. The number of carbonyl (C=O) groups excluding carboxylic acids is 1. The number of amides is 1. The maximum Gasteiger partial charge on any atom is 0.418 e. The molecule has 1 aliphatic carbocycles. The summed E-state index contributed by atoms with van der Waals surface area (Å²) in [5.74, 6) is -0.565. The molecule has 0 spiro atoms.